The maximum absolute atomic E-state index is 14.4. The largest absolute Gasteiger partial charge is 0.491 e. The summed E-state index contributed by atoms with van der Waals surface area (Å²) in [6.45, 7) is 2.36. The number of fused-ring (bicyclic) bond motifs is 1. The number of nitrogens with two attached hydrogens (primary N) is 1. The van der Waals surface area contributed by atoms with Crippen LogP contribution >= 0.6 is 0 Å². The molecule has 1 aromatic heterocycles. The molecule has 2 aromatic carbocycles. The highest BCUT2D eigenvalue weighted by atomic mass is 19.1. The first-order valence-corrected chi connectivity index (χ1v) is 9.53. The smallest absolute Gasteiger partial charge is 0.250 e. The van der Waals surface area contributed by atoms with Crippen molar-refractivity contribution < 1.29 is 18.3 Å². The van der Waals surface area contributed by atoms with Gasteiger partial charge in [0, 0.05) is 11.9 Å². The number of hydrogen-bond acceptors (Lipinski definition) is 6. The molecule has 3 N–H and O–H groups in total. The normalized spacial score (nSPS) is 14.9. The highest BCUT2D eigenvalue weighted by molar-refractivity contribution is 6.06. The first-order chi connectivity index (χ1) is 14.5. The molecule has 0 unspecified atom stereocenters. The van der Waals surface area contributed by atoms with E-state index in [-0.39, 0.29) is 5.56 Å². The average molecular weight is 413 g/mol. The van der Waals surface area contributed by atoms with Crippen molar-refractivity contribution in [3.8, 4) is 5.75 Å². The number of nitrogens with zero attached hydrogens (tertiary/aromatic N) is 3. The number of anilines is 1. The van der Waals surface area contributed by atoms with Gasteiger partial charge >= 0.3 is 0 Å². The minimum atomic E-state index is -0.772. The average Bonchev–Trinajstić information content (AvgIpc) is 2.69. The quantitative estimate of drug-likeness (QED) is 0.619. The Morgan fingerprint density at radius 3 is 2.60 bits per heavy atom. The summed E-state index contributed by atoms with van der Waals surface area (Å²) in [4.78, 5) is 22.4. The van der Waals surface area contributed by atoms with Gasteiger partial charge in [-0.15, -0.1) is 0 Å². The van der Waals surface area contributed by atoms with Crippen LogP contribution in [0.1, 0.15) is 28.4 Å². The van der Waals surface area contributed by atoms with Gasteiger partial charge in [-0.25, -0.2) is 18.7 Å². The van der Waals surface area contributed by atoms with Crippen LogP contribution in [0.4, 0.5) is 14.6 Å². The number of para-hydroxylation sites is 1. The van der Waals surface area contributed by atoms with E-state index in [9.17, 15) is 13.6 Å². The number of likely N-dealkylation sites (tertiary alicyclic amines) is 1. The third kappa shape index (κ3) is 3.76. The van der Waals surface area contributed by atoms with E-state index in [1.165, 1.54) is 25.6 Å². The van der Waals surface area contributed by atoms with Crippen molar-refractivity contribution in [2.24, 2.45) is 5.73 Å². The van der Waals surface area contributed by atoms with Crippen LogP contribution in [0, 0.1) is 11.6 Å². The highest BCUT2D eigenvalue weighted by Gasteiger charge is 2.24. The molecule has 3 aromatic rings. The highest BCUT2D eigenvalue weighted by Crippen LogP contribution is 2.31. The van der Waals surface area contributed by atoms with Crippen LogP contribution in [0.3, 0.4) is 0 Å². The molecule has 1 aliphatic heterocycles. The van der Waals surface area contributed by atoms with Gasteiger partial charge in [0.05, 0.1) is 24.2 Å². The van der Waals surface area contributed by atoms with E-state index in [2.05, 4.69) is 20.2 Å². The topological polar surface area (TPSA) is 93.4 Å². The Morgan fingerprint density at radius 2 is 2.00 bits per heavy atom. The fraction of sp³-hybridized carbons (Fsp3) is 0.286. The van der Waals surface area contributed by atoms with Crippen LogP contribution in [0.25, 0.3) is 10.9 Å². The van der Waals surface area contributed by atoms with E-state index in [1.807, 2.05) is 0 Å². The van der Waals surface area contributed by atoms with E-state index in [4.69, 9.17) is 10.5 Å². The van der Waals surface area contributed by atoms with Crippen LogP contribution in [0.15, 0.2) is 36.7 Å². The number of rotatable bonds is 7. The number of primary amides is 1. The second-order valence-corrected chi connectivity index (χ2v) is 7.16. The molecule has 1 amide bonds. The van der Waals surface area contributed by atoms with Crippen molar-refractivity contribution >= 4 is 22.6 Å². The Bertz CT molecular complexity index is 1080. The molecule has 0 saturated carbocycles. The monoisotopic (exact) mass is 413 g/mol. The molecule has 4 rings (SSSR count). The maximum atomic E-state index is 14.4. The van der Waals surface area contributed by atoms with Crippen molar-refractivity contribution in [3.63, 3.8) is 0 Å². The van der Waals surface area contributed by atoms with Gasteiger partial charge in [-0.1, -0.05) is 6.07 Å². The summed E-state index contributed by atoms with van der Waals surface area (Å²) >= 11 is 0. The molecule has 30 heavy (non-hydrogen) atoms. The summed E-state index contributed by atoms with van der Waals surface area (Å²) in [6.07, 6.45) is 2.41. The molecule has 0 radical (unpaired) electrons. The number of methoxy groups -OCH3 is 1. The number of benzene rings is 2. The number of aromatic nitrogens is 2. The third-order valence-corrected chi connectivity index (χ3v) is 5.26. The fourth-order valence-corrected chi connectivity index (χ4v) is 3.60. The summed E-state index contributed by atoms with van der Waals surface area (Å²) in [5.41, 5.74) is 6.57. The van der Waals surface area contributed by atoms with Crippen LogP contribution in [-0.2, 0) is 0 Å². The summed E-state index contributed by atoms with van der Waals surface area (Å²) in [5, 5.41) is 3.87. The minimum Gasteiger partial charge on any atom is -0.491 e. The van der Waals surface area contributed by atoms with Crippen molar-refractivity contribution in [2.75, 3.05) is 32.1 Å². The zero-order chi connectivity index (χ0) is 21.3. The second-order valence-electron chi connectivity index (χ2n) is 7.16. The fourth-order valence-electron chi connectivity index (χ4n) is 3.60. The van der Waals surface area contributed by atoms with Crippen molar-refractivity contribution in [2.45, 2.75) is 12.5 Å². The lowest BCUT2D eigenvalue weighted by Crippen LogP contribution is -2.41. The minimum absolute atomic E-state index is 0.277. The number of carbonyl (C=O) groups excluding carboxylic acids is 1. The maximum Gasteiger partial charge on any atom is 0.250 e. The standard InChI is InChI=1S/C21H21F2N5O2/c1-30-19-15(22)8-12(9-16(19)23)17(10-28-6-3-7-28)27-21-14-5-2-4-13(20(24)29)18(14)25-11-26-21/h2,4-5,8-9,11,17H,3,6-7,10H2,1H3,(H2,24,29)(H,25,26,27)/t17-/m1/s1. The van der Waals surface area contributed by atoms with Gasteiger partial charge in [0.25, 0.3) is 5.91 Å². The second kappa shape index (κ2) is 8.19. The van der Waals surface area contributed by atoms with Crippen molar-refractivity contribution in [1.29, 1.82) is 0 Å². The van der Waals surface area contributed by atoms with E-state index in [0.29, 0.717) is 28.8 Å². The molecule has 1 fully saturated rings. The Labute approximate surface area is 171 Å². The molecule has 7 nitrogen and oxygen atoms in total. The number of halogens is 2. The van der Waals surface area contributed by atoms with E-state index in [1.54, 1.807) is 18.2 Å². The lowest BCUT2D eigenvalue weighted by Gasteiger charge is -2.35. The number of nitrogens with one attached hydrogen (secondary N) is 1. The summed E-state index contributed by atoms with van der Waals surface area (Å²) in [6, 6.07) is 7.12. The van der Waals surface area contributed by atoms with Gasteiger partial charge < -0.3 is 20.7 Å². The van der Waals surface area contributed by atoms with Gasteiger partial charge in [-0.05, 0) is 49.3 Å². The van der Waals surface area contributed by atoms with Gasteiger partial charge in [0.15, 0.2) is 17.4 Å². The molecule has 2 heterocycles. The van der Waals surface area contributed by atoms with Gasteiger partial charge in [-0.2, -0.15) is 0 Å². The molecule has 156 valence electrons. The molecule has 0 spiro atoms. The number of amides is 1. The summed E-state index contributed by atoms with van der Waals surface area (Å²) in [5.74, 6) is -2.11. The van der Waals surface area contributed by atoms with Gasteiger partial charge in [0.2, 0.25) is 0 Å². The van der Waals surface area contributed by atoms with Crippen LogP contribution in [0.2, 0.25) is 0 Å². The Balaban J connectivity index is 1.75. The van der Waals surface area contributed by atoms with Gasteiger partial charge in [0.1, 0.15) is 12.1 Å². The van der Waals surface area contributed by atoms with Crippen molar-refractivity contribution in [1.82, 2.24) is 14.9 Å². The number of carbonyl (C=O) groups is 1. The van der Waals surface area contributed by atoms with E-state index >= 15 is 0 Å². The van der Waals surface area contributed by atoms with Crippen LogP contribution < -0.4 is 15.8 Å². The molecular formula is C21H21F2N5O2. The molecule has 1 atom stereocenters. The predicted octanol–water partition coefficient (Wildman–Crippen LogP) is 2.87. The Morgan fingerprint density at radius 1 is 1.27 bits per heavy atom. The summed E-state index contributed by atoms with van der Waals surface area (Å²) < 4.78 is 33.5. The molecule has 1 aliphatic rings. The molecule has 0 aliphatic carbocycles. The Hall–Kier alpha value is -3.33. The van der Waals surface area contributed by atoms with E-state index in [0.717, 1.165) is 19.5 Å². The first kappa shape index (κ1) is 20.0. The van der Waals surface area contributed by atoms with E-state index < -0.39 is 29.3 Å². The molecule has 0 bridgehead atoms. The zero-order valence-electron chi connectivity index (χ0n) is 16.4. The third-order valence-electron chi connectivity index (χ3n) is 5.26. The lowest BCUT2D eigenvalue weighted by molar-refractivity contribution is 0.100. The zero-order valence-corrected chi connectivity index (χ0v) is 16.4. The number of hydrogen-bond donors (Lipinski definition) is 2. The van der Waals surface area contributed by atoms with Crippen LogP contribution in [0.5, 0.6) is 5.75 Å². The SMILES string of the molecule is COc1c(F)cc([C@@H](CN2CCC2)Nc2ncnc3c(C(N)=O)cccc23)cc1F. The number of ether oxygens (including phenoxy) is 1. The molecule has 9 heteroatoms. The molecule has 1 saturated heterocycles. The van der Waals surface area contributed by atoms with Gasteiger partial charge in [-0.3, -0.25) is 4.79 Å². The summed E-state index contributed by atoms with van der Waals surface area (Å²) in [7, 11) is 1.22. The predicted molar refractivity (Wildman–Crippen MR) is 108 cm³/mol. The van der Waals surface area contributed by atoms with Crippen molar-refractivity contribution in [3.05, 3.63) is 59.4 Å². The Kier molecular flexibility index (Phi) is 5.45. The molecular weight excluding hydrogens is 392 g/mol. The first-order valence-electron chi connectivity index (χ1n) is 9.53. The van der Waals surface area contributed by atoms with Crippen LogP contribution in [-0.4, -0.2) is 47.5 Å². The lowest BCUT2D eigenvalue weighted by atomic mass is 10.0.